The third-order valence-electron chi connectivity index (χ3n) is 2.97. The van der Waals surface area contributed by atoms with Gasteiger partial charge < -0.3 is 15.2 Å². The number of rotatable bonds is 10. The van der Waals surface area contributed by atoms with E-state index in [-0.39, 0.29) is 24.0 Å². The Morgan fingerprint density at radius 3 is 2.77 bits per heavy atom. The maximum atomic E-state index is 4.55. The van der Waals surface area contributed by atoms with Gasteiger partial charge in [-0.3, -0.25) is 4.99 Å². The van der Waals surface area contributed by atoms with E-state index in [1.54, 1.807) is 6.33 Å². The van der Waals surface area contributed by atoms with Crippen molar-refractivity contribution in [1.82, 2.24) is 25.4 Å². The van der Waals surface area contributed by atoms with Crippen LogP contribution in [0, 0.1) is 0 Å². The van der Waals surface area contributed by atoms with Crippen molar-refractivity contribution in [3.8, 4) is 0 Å². The number of nitrogens with zero attached hydrogens (tertiary/aromatic N) is 4. The third-order valence-corrected chi connectivity index (χ3v) is 3.67. The molecule has 0 saturated heterocycles. The molecule has 0 aliphatic carbocycles. The Balaban J connectivity index is 0.00000441. The van der Waals surface area contributed by atoms with Crippen LogP contribution in [0.25, 0.3) is 0 Å². The van der Waals surface area contributed by atoms with E-state index >= 15 is 0 Å². The van der Waals surface area contributed by atoms with Crippen LogP contribution in [0.2, 0.25) is 0 Å². The minimum atomic E-state index is 0. The average Bonchev–Trinajstić information content (AvgIpc) is 2.95. The maximum Gasteiger partial charge on any atom is 0.191 e. The monoisotopic (exact) mass is 440 g/mol. The largest absolute Gasteiger partial charge is 0.356 e. The Bertz CT molecular complexity index is 410. The molecular weight excluding hydrogens is 411 g/mol. The van der Waals surface area contributed by atoms with Gasteiger partial charge in [0.05, 0.1) is 0 Å². The van der Waals surface area contributed by atoms with Crippen molar-refractivity contribution in [3.05, 3.63) is 12.2 Å². The van der Waals surface area contributed by atoms with Crippen LogP contribution in [0.3, 0.4) is 0 Å². The van der Waals surface area contributed by atoms with E-state index in [9.17, 15) is 0 Å². The SMILES string of the molecule is CCCN=C(NCCCSC)NCCn1cnnc1CC.I. The predicted molar refractivity (Wildman–Crippen MR) is 106 cm³/mol. The van der Waals surface area contributed by atoms with Gasteiger partial charge in [0.1, 0.15) is 12.2 Å². The summed E-state index contributed by atoms with van der Waals surface area (Å²) in [4.78, 5) is 4.55. The molecule has 2 N–H and O–H groups in total. The van der Waals surface area contributed by atoms with Crippen molar-refractivity contribution in [1.29, 1.82) is 0 Å². The van der Waals surface area contributed by atoms with Gasteiger partial charge in [-0.25, -0.2) is 0 Å². The van der Waals surface area contributed by atoms with Crippen LogP contribution < -0.4 is 10.6 Å². The number of halogens is 1. The van der Waals surface area contributed by atoms with E-state index in [1.807, 2.05) is 11.8 Å². The fraction of sp³-hybridized carbons (Fsp3) is 0.786. The smallest absolute Gasteiger partial charge is 0.191 e. The lowest BCUT2D eigenvalue weighted by molar-refractivity contribution is 0.631. The summed E-state index contributed by atoms with van der Waals surface area (Å²) in [6, 6.07) is 0. The highest BCUT2D eigenvalue weighted by molar-refractivity contribution is 14.0. The molecule has 22 heavy (non-hydrogen) atoms. The lowest BCUT2D eigenvalue weighted by atomic mass is 10.4. The first-order valence-corrected chi connectivity index (χ1v) is 9.09. The molecule has 0 radical (unpaired) electrons. The molecule has 8 heteroatoms. The fourth-order valence-electron chi connectivity index (χ4n) is 1.86. The standard InChI is InChI=1S/C14H28N6S.HI/c1-4-7-15-14(16-8-6-11-21-3)17-9-10-20-12-18-19-13(20)5-2;/h12H,4-11H2,1-3H3,(H2,15,16,17);1H. The van der Waals surface area contributed by atoms with Gasteiger partial charge in [-0.15, -0.1) is 34.2 Å². The lowest BCUT2D eigenvalue weighted by Gasteiger charge is -2.13. The van der Waals surface area contributed by atoms with E-state index in [0.29, 0.717) is 0 Å². The van der Waals surface area contributed by atoms with Crippen LogP contribution in [0.5, 0.6) is 0 Å². The zero-order chi connectivity index (χ0) is 15.3. The number of thioether (sulfide) groups is 1. The van der Waals surface area contributed by atoms with Crippen LogP contribution in [0.1, 0.15) is 32.5 Å². The summed E-state index contributed by atoms with van der Waals surface area (Å²) < 4.78 is 2.08. The molecule has 0 spiro atoms. The van der Waals surface area contributed by atoms with E-state index in [4.69, 9.17) is 0 Å². The number of nitrogens with one attached hydrogen (secondary N) is 2. The van der Waals surface area contributed by atoms with Gasteiger partial charge in [0.25, 0.3) is 0 Å². The third kappa shape index (κ3) is 8.82. The van der Waals surface area contributed by atoms with E-state index in [1.165, 1.54) is 5.75 Å². The minimum Gasteiger partial charge on any atom is -0.356 e. The normalized spacial score (nSPS) is 11.1. The maximum absolute atomic E-state index is 4.55. The molecule has 128 valence electrons. The molecule has 1 heterocycles. The van der Waals surface area contributed by atoms with Gasteiger partial charge in [-0.1, -0.05) is 13.8 Å². The van der Waals surface area contributed by atoms with Gasteiger partial charge in [0.2, 0.25) is 0 Å². The molecule has 1 aromatic rings. The summed E-state index contributed by atoms with van der Waals surface area (Å²) in [6.07, 6.45) is 7.04. The van der Waals surface area contributed by atoms with Gasteiger partial charge in [-0.05, 0) is 24.9 Å². The zero-order valence-electron chi connectivity index (χ0n) is 13.8. The Kier molecular flexibility index (Phi) is 13.8. The highest BCUT2D eigenvalue weighted by atomic mass is 127. The topological polar surface area (TPSA) is 67.1 Å². The molecule has 0 unspecified atom stereocenters. The molecule has 1 aromatic heterocycles. The lowest BCUT2D eigenvalue weighted by Crippen LogP contribution is -2.39. The number of guanidine groups is 1. The number of aromatic nitrogens is 3. The first kappa shape index (κ1) is 21.5. The molecular formula is C14H29IN6S. The summed E-state index contributed by atoms with van der Waals surface area (Å²) in [7, 11) is 0. The average molecular weight is 440 g/mol. The minimum absolute atomic E-state index is 0. The first-order chi connectivity index (χ1) is 10.3. The van der Waals surface area contributed by atoms with E-state index in [0.717, 1.165) is 57.2 Å². The zero-order valence-corrected chi connectivity index (χ0v) is 17.0. The number of hydrogen-bond acceptors (Lipinski definition) is 4. The highest BCUT2D eigenvalue weighted by Gasteiger charge is 2.02. The first-order valence-electron chi connectivity index (χ1n) is 7.69. The molecule has 0 aromatic carbocycles. The molecule has 6 nitrogen and oxygen atoms in total. The second-order valence-electron chi connectivity index (χ2n) is 4.72. The van der Waals surface area contributed by atoms with Crippen molar-refractivity contribution in [2.24, 2.45) is 4.99 Å². The van der Waals surface area contributed by atoms with E-state index < -0.39 is 0 Å². The van der Waals surface area contributed by atoms with Crippen molar-refractivity contribution >= 4 is 41.7 Å². The molecule has 0 fully saturated rings. The van der Waals surface area contributed by atoms with Crippen molar-refractivity contribution in [2.45, 2.75) is 39.7 Å². The van der Waals surface area contributed by atoms with Gasteiger partial charge >= 0.3 is 0 Å². The van der Waals surface area contributed by atoms with Crippen molar-refractivity contribution in [3.63, 3.8) is 0 Å². The molecule has 0 aliphatic rings. The second-order valence-corrected chi connectivity index (χ2v) is 5.71. The van der Waals surface area contributed by atoms with Gasteiger partial charge in [0.15, 0.2) is 5.96 Å². The summed E-state index contributed by atoms with van der Waals surface area (Å²) in [5.41, 5.74) is 0. The Labute approximate surface area is 155 Å². The van der Waals surface area contributed by atoms with Gasteiger partial charge in [-0.2, -0.15) is 11.8 Å². The van der Waals surface area contributed by atoms with E-state index in [2.05, 4.69) is 50.5 Å². The second kappa shape index (κ2) is 14.1. The number of hydrogen-bond donors (Lipinski definition) is 2. The summed E-state index contributed by atoms with van der Waals surface area (Å²) in [5, 5.41) is 14.8. The van der Waals surface area contributed by atoms with Crippen LogP contribution in [0.4, 0.5) is 0 Å². The van der Waals surface area contributed by atoms with Crippen molar-refractivity contribution < 1.29 is 0 Å². The number of aryl methyl sites for hydroxylation is 1. The molecule has 0 amide bonds. The number of aliphatic imine (C=N–C) groups is 1. The predicted octanol–water partition coefficient (Wildman–Crippen LogP) is 2.16. The molecule has 0 saturated carbocycles. The van der Waals surface area contributed by atoms with Crippen molar-refractivity contribution in [2.75, 3.05) is 31.6 Å². The Morgan fingerprint density at radius 2 is 2.09 bits per heavy atom. The quantitative estimate of drug-likeness (QED) is 0.253. The molecule has 0 aliphatic heterocycles. The van der Waals surface area contributed by atoms with Crippen LogP contribution in [-0.2, 0) is 13.0 Å². The highest BCUT2D eigenvalue weighted by Crippen LogP contribution is 1.95. The summed E-state index contributed by atoms with van der Waals surface area (Å²) >= 11 is 1.87. The fourth-order valence-corrected chi connectivity index (χ4v) is 2.29. The summed E-state index contributed by atoms with van der Waals surface area (Å²) in [5.74, 6) is 3.11. The van der Waals surface area contributed by atoms with Gasteiger partial charge in [0, 0.05) is 32.6 Å². The Hall–Kier alpha value is -0.510. The Morgan fingerprint density at radius 1 is 1.32 bits per heavy atom. The van der Waals surface area contributed by atoms with Crippen LogP contribution in [-0.4, -0.2) is 52.4 Å². The molecule has 0 atom stereocenters. The van der Waals surface area contributed by atoms with Crippen LogP contribution in [0.15, 0.2) is 11.3 Å². The summed E-state index contributed by atoms with van der Waals surface area (Å²) in [6.45, 7) is 7.72. The van der Waals surface area contributed by atoms with Crippen LogP contribution >= 0.6 is 35.7 Å². The molecule has 0 bridgehead atoms. The molecule has 1 rings (SSSR count).